The van der Waals surface area contributed by atoms with Crippen LogP contribution in [-0.2, 0) is 20.9 Å². The summed E-state index contributed by atoms with van der Waals surface area (Å²) in [7, 11) is 0. The number of alkyl halides is 3. The molecule has 45 heavy (non-hydrogen) atoms. The van der Waals surface area contributed by atoms with Crippen LogP contribution in [0.25, 0.3) is 16.6 Å². The molecule has 13 nitrogen and oxygen atoms in total. The first-order valence-corrected chi connectivity index (χ1v) is 14.0. The maximum Gasteiger partial charge on any atom is 0.573 e. The molecule has 0 aliphatic carbocycles. The third-order valence-electron chi connectivity index (χ3n) is 6.06. The number of anilines is 1. The SMILES string of the molecule is CC(C)(C)OC(=O)N(CCC(=O)NCCC(=O)Nc1cc(-n2cnnc2)cc2[nH]ncc12)Cc1ccc(OC(F)(F)F)c(Cl)c1. The van der Waals surface area contributed by atoms with Crippen LogP contribution in [0, 0.1) is 0 Å². The molecule has 0 aliphatic heterocycles. The maximum atomic E-state index is 12.9. The van der Waals surface area contributed by atoms with E-state index in [9.17, 15) is 27.6 Å². The van der Waals surface area contributed by atoms with Gasteiger partial charge in [0.2, 0.25) is 11.8 Å². The van der Waals surface area contributed by atoms with Crippen LogP contribution in [0.4, 0.5) is 23.7 Å². The lowest BCUT2D eigenvalue weighted by atomic mass is 10.2. The molecule has 0 saturated carbocycles. The summed E-state index contributed by atoms with van der Waals surface area (Å²) in [5.74, 6) is -1.38. The van der Waals surface area contributed by atoms with E-state index < -0.39 is 29.7 Å². The number of H-pyrrole nitrogens is 1. The number of carbonyl (C=O) groups is 3. The number of fused-ring (bicyclic) bond motifs is 1. The summed E-state index contributed by atoms with van der Waals surface area (Å²) in [5, 5.41) is 20.3. The Labute approximate surface area is 260 Å². The molecule has 17 heteroatoms. The van der Waals surface area contributed by atoms with Crippen LogP contribution < -0.4 is 15.4 Å². The van der Waals surface area contributed by atoms with E-state index >= 15 is 0 Å². The van der Waals surface area contributed by atoms with Crippen molar-refractivity contribution in [1.82, 2.24) is 35.2 Å². The Kier molecular flexibility index (Phi) is 10.2. The topological polar surface area (TPSA) is 156 Å². The van der Waals surface area contributed by atoms with Gasteiger partial charge >= 0.3 is 12.5 Å². The molecule has 0 saturated heterocycles. The van der Waals surface area contributed by atoms with Crippen molar-refractivity contribution in [3.63, 3.8) is 0 Å². The van der Waals surface area contributed by atoms with E-state index in [1.807, 2.05) is 6.07 Å². The fraction of sp³-hybridized carbons (Fsp3) is 0.357. The molecule has 2 aromatic heterocycles. The van der Waals surface area contributed by atoms with Crippen molar-refractivity contribution < 1.29 is 37.0 Å². The summed E-state index contributed by atoms with van der Waals surface area (Å²) in [6.07, 6.45) is -1.22. The van der Waals surface area contributed by atoms with Gasteiger partial charge in [0.15, 0.2) is 0 Å². The van der Waals surface area contributed by atoms with E-state index in [1.54, 1.807) is 37.6 Å². The van der Waals surface area contributed by atoms with Gasteiger partial charge in [0, 0.05) is 37.9 Å². The Bertz CT molecular complexity index is 1650. The van der Waals surface area contributed by atoms with Crippen LogP contribution in [0.2, 0.25) is 5.02 Å². The van der Waals surface area contributed by atoms with Crippen LogP contribution in [0.3, 0.4) is 0 Å². The molecule has 0 aliphatic rings. The molecule has 0 bridgehead atoms. The van der Waals surface area contributed by atoms with Gasteiger partial charge in [-0.3, -0.25) is 19.3 Å². The zero-order chi connectivity index (χ0) is 32.8. The normalized spacial score (nSPS) is 11.7. The fourth-order valence-corrected chi connectivity index (χ4v) is 4.35. The highest BCUT2D eigenvalue weighted by Gasteiger charge is 2.32. The highest BCUT2D eigenvalue weighted by molar-refractivity contribution is 6.32. The van der Waals surface area contributed by atoms with E-state index in [4.69, 9.17) is 16.3 Å². The lowest BCUT2D eigenvalue weighted by molar-refractivity contribution is -0.274. The number of hydrogen-bond acceptors (Lipinski definition) is 8. The van der Waals surface area contributed by atoms with Crippen LogP contribution in [0.5, 0.6) is 5.75 Å². The first kappa shape index (κ1) is 33.0. The zero-order valence-corrected chi connectivity index (χ0v) is 25.2. The van der Waals surface area contributed by atoms with E-state index in [-0.39, 0.29) is 43.4 Å². The Balaban J connectivity index is 1.32. The molecule has 0 radical (unpaired) electrons. The lowest BCUT2D eigenvalue weighted by Gasteiger charge is -2.27. The number of amides is 3. The molecule has 4 rings (SSSR count). The minimum absolute atomic E-state index is 0.0209. The Morgan fingerprint density at radius 3 is 2.44 bits per heavy atom. The number of nitrogens with one attached hydrogen (secondary N) is 3. The molecule has 3 amide bonds. The largest absolute Gasteiger partial charge is 0.573 e. The van der Waals surface area contributed by atoms with Gasteiger partial charge in [-0.05, 0) is 50.6 Å². The number of halogens is 4. The molecule has 4 aromatic rings. The maximum absolute atomic E-state index is 12.9. The smallest absolute Gasteiger partial charge is 0.444 e. The van der Waals surface area contributed by atoms with E-state index in [2.05, 4.69) is 35.8 Å². The minimum Gasteiger partial charge on any atom is -0.444 e. The van der Waals surface area contributed by atoms with Crippen LogP contribution >= 0.6 is 11.6 Å². The number of aromatic nitrogens is 5. The lowest BCUT2D eigenvalue weighted by Crippen LogP contribution is -2.39. The summed E-state index contributed by atoms with van der Waals surface area (Å²) in [6.45, 7) is 4.84. The van der Waals surface area contributed by atoms with Crippen molar-refractivity contribution in [3.05, 3.63) is 59.8 Å². The van der Waals surface area contributed by atoms with Crippen molar-refractivity contribution in [2.24, 2.45) is 0 Å². The van der Waals surface area contributed by atoms with Gasteiger partial charge in [0.25, 0.3) is 0 Å². The summed E-state index contributed by atoms with van der Waals surface area (Å²) < 4.78 is 48.8. The highest BCUT2D eigenvalue weighted by atomic mass is 35.5. The fourth-order valence-electron chi connectivity index (χ4n) is 4.11. The Morgan fingerprint density at radius 1 is 1.04 bits per heavy atom. The Morgan fingerprint density at radius 2 is 1.78 bits per heavy atom. The highest BCUT2D eigenvalue weighted by Crippen LogP contribution is 2.31. The predicted molar refractivity (Wildman–Crippen MR) is 157 cm³/mol. The number of rotatable bonds is 11. The van der Waals surface area contributed by atoms with Crippen molar-refractivity contribution in [2.45, 2.75) is 52.1 Å². The third kappa shape index (κ3) is 9.82. The van der Waals surface area contributed by atoms with Crippen molar-refractivity contribution >= 4 is 46.1 Å². The Hall–Kier alpha value is -4.86. The zero-order valence-electron chi connectivity index (χ0n) is 24.4. The van der Waals surface area contributed by atoms with Gasteiger partial charge in [-0.15, -0.1) is 23.4 Å². The number of carbonyl (C=O) groups excluding carboxylic acids is 3. The standard InChI is InChI=1S/C28H30ClF3N8O5/c1-27(2,3)45-26(43)39(14-17-4-5-23(20(29)10-17)44-28(30,31)32)9-7-24(41)33-8-6-25(42)37-21-11-18(40-15-35-36-16-40)12-22-19(21)13-34-38-22/h4-5,10-13,15-16H,6-9,14H2,1-3H3,(H,33,41)(H,34,38)(H,37,42). The molecular formula is C28H30ClF3N8O5. The molecule has 2 heterocycles. The number of hydrogen-bond donors (Lipinski definition) is 3. The second-order valence-corrected chi connectivity index (χ2v) is 11.2. The average Bonchev–Trinajstić information content (AvgIpc) is 3.63. The number of aromatic amines is 1. The monoisotopic (exact) mass is 650 g/mol. The summed E-state index contributed by atoms with van der Waals surface area (Å²) >= 11 is 5.95. The summed E-state index contributed by atoms with van der Waals surface area (Å²) in [4.78, 5) is 39.4. The van der Waals surface area contributed by atoms with Crippen LogP contribution in [0.1, 0.15) is 39.2 Å². The molecule has 0 unspecified atom stereocenters. The first-order chi connectivity index (χ1) is 21.2. The van der Waals surface area contributed by atoms with Gasteiger partial charge in [-0.2, -0.15) is 5.10 Å². The van der Waals surface area contributed by atoms with E-state index in [1.165, 1.54) is 29.7 Å². The number of nitrogens with zero attached hydrogens (tertiary/aromatic N) is 5. The molecule has 240 valence electrons. The molecule has 2 aromatic carbocycles. The van der Waals surface area contributed by atoms with Gasteiger partial charge < -0.3 is 25.0 Å². The predicted octanol–water partition coefficient (Wildman–Crippen LogP) is 4.97. The quantitative estimate of drug-likeness (QED) is 0.205. The second kappa shape index (κ2) is 13.8. The van der Waals surface area contributed by atoms with Crippen molar-refractivity contribution in [1.29, 1.82) is 0 Å². The molecule has 0 spiro atoms. The molecular weight excluding hydrogens is 621 g/mol. The molecule has 0 fully saturated rings. The third-order valence-corrected chi connectivity index (χ3v) is 6.36. The summed E-state index contributed by atoms with van der Waals surface area (Å²) in [6, 6.07) is 7.17. The van der Waals surface area contributed by atoms with Crippen LogP contribution in [-0.4, -0.2) is 72.8 Å². The van der Waals surface area contributed by atoms with Gasteiger partial charge in [0.1, 0.15) is 24.0 Å². The van der Waals surface area contributed by atoms with Gasteiger partial charge in [-0.25, -0.2) is 4.79 Å². The van der Waals surface area contributed by atoms with E-state index in [0.29, 0.717) is 27.8 Å². The van der Waals surface area contributed by atoms with Crippen molar-refractivity contribution in [2.75, 3.05) is 18.4 Å². The van der Waals surface area contributed by atoms with Gasteiger partial charge in [0.05, 0.1) is 28.1 Å². The number of ether oxygens (including phenoxy) is 2. The van der Waals surface area contributed by atoms with Gasteiger partial charge in [-0.1, -0.05) is 17.7 Å². The molecule has 0 atom stereocenters. The van der Waals surface area contributed by atoms with E-state index in [0.717, 1.165) is 6.07 Å². The first-order valence-electron chi connectivity index (χ1n) is 13.6. The minimum atomic E-state index is -4.92. The van der Waals surface area contributed by atoms with Crippen LogP contribution in [0.15, 0.2) is 49.2 Å². The average molecular weight is 651 g/mol. The number of benzene rings is 2. The molecule has 3 N–H and O–H groups in total. The van der Waals surface area contributed by atoms with Crippen molar-refractivity contribution in [3.8, 4) is 11.4 Å². The summed E-state index contributed by atoms with van der Waals surface area (Å²) in [5.41, 5.74) is 1.43. The second-order valence-electron chi connectivity index (χ2n) is 10.8.